The zero-order valence-electron chi connectivity index (χ0n) is 9.87. The molecule has 1 atom stereocenters. The van der Waals surface area contributed by atoms with E-state index in [4.69, 9.17) is 12.2 Å². The minimum absolute atomic E-state index is 0.0331. The van der Waals surface area contributed by atoms with E-state index in [2.05, 4.69) is 10.3 Å². The minimum atomic E-state index is -0.915. The Morgan fingerprint density at radius 3 is 2.84 bits per heavy atom. The molecule has 3 rings (SSSR count). The number of halogens is 2. The van der Waals surface area contributed by atoms with Gasteiger partial charge < -0.3 is 14.9 Å². The summed E-state index contributed by atoms with van der Waals surface area (Å²) < 4.78 is 29.2. The van der Waals surface area contributed by atoms with Crippen molar-refractivity contribution in [3.8, 4) is 0 Å². The van der Waals surface area contributed by atoms with Crippen LogP contribution in [0.4, 0.5) is 8.78 Å². The van der Waals surface area contributed by atoms with E-state index in [1.165, 1.54) is 6.07 Å². The Balaban J connectivity index is 2.17. The zero-order valence-corrected chi connectivity index (χ0v) is 10.7. The maximum atomic E-state index is 14.0. The van der Waals surface area contributed by atoms with Crippen molar-refractivity contribution in [2.45, 2.75) is 18.9 Å². The van der Waals surface area contributed by atoms with Crippen molar-refractivity contribution >= 4 is 29.2 Å². The van der Waals surface area contributed by atoms with Crippen LogP contribution in [0, 0.1) is 16.4 Å². The summed E-state index contributed by atoms with van der Waals surface area (Å²) in [6, 6.07) is 2.37. The molecule has 1 fully saturated rings. The molecule has 0 bridgehead atoms. The van der Waals surface area contributed by atoms with Crippen molar-refractivity contribution in [1.29, 1.82) is 0 Å². The second-order valence-corrected chi connectivity index (χ2v) is 4.94. The first-order chi connectivity index (χ1) is 9.08. The summed E-state index contributed by atoms with van der Waals surface area (Å²) in [7, 11) is 0. The number of H-pyrrole nitrogens is 1. The molecule has 4 nitrogen and oxygen atoms in total. The maximum absolute atomic E-state index is 14.0. The fourth-order valence-electron chi connectivity index (χ4n) is 2.44. The monoisotopic (exact) mass is 283 g/mol. The number of aromatic nitrogens is 2. The standard InChI is InChI=1S/C12H11F2N3OS/c13-7-2-3-8-11(10(7)14)17(12(19)16-8)6-1-4-9(18)15-5-6/h2-3,6H,1,4-5H2,(H,15,18)(H,16,19). The van der Waals surface area contributed by atoms with Gasteiger partial charge in [-0.25, -0.2) is 8.78 Å². The van der Waals surface area contributed by atoms with Gasteiger partial charge >= 0.3 is 0 Å². The molecule has 2 heterocycles. The second-order valence-electron chi connectivity index (χ2n) is 4.55. The summed E-state index contributed by atoms with van der Waals surface area (Å²) in [4.78, 5) is 14.0. The average molecular weight is 283 g/mol. The average Bonchev–Trinajstić information content (AvgIpc) is 2.72. The molecule has 1 aromatic carbocycles. The summed E-state index contributed by atoms with van der Waals surface area (Å²) in [6.45, 7) is 0.371. The van der Waals surface area contributed by atoms with Crippen LogP contribution in [-0.2, 0) is 4.79 Å². The Bertz CT molecular complexity index is 712. The van der Waals surface area contributed by atoms with Gasteiger partial charge in [-0.2, -0.15) is 0 Å². The molecule has 2 N–H and O–H groups in total. The summed E-state index contributed by atoms with van der Waals surface area (Å²) in [5.41, 5.74) is 0.590. The highest BCUT2D eigenvalue weighted by Crippen LogP contribution is 2.27. The van der Waals surface area contributed by atoms with Crippen molar-refractivity contribution in [3.63, 3.8) is 0 Å². The molecular formula is C12H11F2N3OS. The van der Waals surface area contributed by atoms with Crippen molar-refractivity contribution < 1.29 is 13.6 Å². The molecule has 100 valence electrons. The van der Waals surface area contributed by atoms with Crippen LogP contribution in [-0.4, -0.2) is 22.0 Å². The summed E-state index contributed by atoms with van der Waals surface area (Å²) >= 11 is 5.17. The Hall–Kier alpha value is -1.76. The SMILES string of the molecule is O=C1CCC(n2c(=S)[nH]c3ccc(F)c(F)c32)CN1. The van der Waals surface area contributed by atoms with E-state index in [1.807, 2.05) is 0 Å². The third-order valence-corrected chi connectivity index (χ3v) is 3.67. The first-order valence-corrected chi connectivity index (χ1v) is 6.33. The lowest BCUT2D eigenvalue weighted by Crippen LogP contribution is -2.36. The van der Waals surface area contributed by atoms with Gasteiger partial charge in [0, 0.05) is 13.0 Å². The number of hydrogen-bond acceptors (Lipinski definition) is 2. The van der Waals surface area contributed by atoms with Crippen LogP contribution >= 0.6 is 12.2 Å². The van der Waals surface area contributed by atoms with Crippen LogP contribution in [0.2, 0.25) is 0 Å². The minimum Gasteiger partial charge on any atom is -0.354 e. The van der Waals surface area contributed by atoms with E-state index < -0.39 is 11.6 Å². The van der Waals surface area contributed by atoms with Crippen LogP contribution < -0.4 is 5.32 Å². The third kappa shape index (κ3) is 1.94. The summed E-state index contributed by atoms with van der Waals surface area (Å²) in [6.07, 6.45) is 0.916. The van der Waals surface area contributed by atoms with Gasteiger partial charge in [-0.1, -0.05) is 0 Å². The van der Waals surface area contributed by atoms with Crippen LogP contribution in [0.5, 0.6) is 0 Å². The number of rotatable bonds is 1. The molecule has 1 unspecified atom stereocenters. The molecule has 0 spiro atoms. The smallest absolute Gasteiger partial charge is 0.220 e. The highest BCUT2D eigenvalue weighted by Gasteiger charge is 2.24. The van der Waals surface area contributed by atoms with E-state index in [0.717, 1.165) is 6.07 Å². The Morgan fingerprint density at radius 1 is 1.37 bits per heavy atom. The van der Waals surface area contributed by atoms with E-state index in [1.54, 1.807) is 4.57 Å². The number of imidazole rings is 1. The predicted octanol–water partition coefficient (Wildman–Crippen LogP) is 2.43. The molecular weight excluding hydrogens is 272 g/mol. The zero-order chi connectivity index (χ0) is 13.6. The van der Waals surface area contributed by atoms with Gasteiger partial charge in [0.25, 0.3) is 0 Å². The Kier molecular flexibility index (Phi) is 2.85. The number of fused-ring (bicyclic) bond motifs is 1. The highest BCUT2D eigenvalue weighted by atomic mass is 32.1. The molecule has 0 radical (unpaired) electrons. The van der Waals surface area contributed by atoms with Crippen molar-refractivity contribution in [3.05, 3.63) is 28.5 Å². The largest absolute Gasteiger partial charge is 0.354 e. The van der Waals surface area contributed by atoms with Crippen LogP contribution in [0.1, 0.15) is 18.9 Å². The molecule has 1 aliphatic heterocycles. The summed E-state index contributed by atoms with van der Waals surface area (Å²) in [5, 5.41) is 2.71. The number of hydrogen-bond donors (Lipinski definition) is 2. The molecule has 1 aromatic heterocycles. The molecule has 19 heavy (non-hydrogen) atoms. The number of aromatic amines is 1. The molecule has 2 aromatic rings. The van der Waals surface area contributed by atoms with Gasteiger partial charge in [0.1, 0.15) is 5.52 Å². The first-order valence-electron chi connectivity index (χ1n) is 5.93. The Morgan fingerprint density at radius 2 is 2.16 bits per heavy atom. The number of benzene rings is 1. The lowest BCUT2D eigenvalue weighted by Gasteiger charge is -2.24. The number of nitrogens with zero attached hydrogens (tertiary/aromatic N) is 1. The van der Waals surface area contributed by atoms with Crippen LogP contribution in [0.15, 0.2) is 12.1 Å². The number of carbonyl (C=O) groups is 1. The molecule has 1 amide bonds. The van der Waals surface area contributed by atoms with Crippen LogP contribution in [0.3, 0.4) is 0 Å². The topological polar surface area (TPSA) is 49.8 Å². The van der Waals surface area contributed by atoms with E-state index >= 15 is 0 Å². The van der Waals surface area contributed by atoms with Gasteiger partial charge in [-0.05, 0) is 30.8 Å². The number of carbonyl (C=O) groups excluding carboxylic acids is 1. The second kappa shape index (κ2) is 4.41. The quantitative estimate of drug-likeness (QED) is 0.790. The first kappa shape index (κ1) is 12.3. The fraction of sp³-hybridized carbons (Fsp3) is 0.333. The number of nitrogens with one attached hydrogen (secondary N) is 2. The Labute approximate surface area is 112 Å². The fourth-order valence-corrected chi connectivity index (χ4v) is 2.79. The van der Waals surface area contributed by atoms with Crippen molar-refractivity contribution in [2.75, 3.05) is 6.54 Å². The number of piperidine rings is 1. The van der Waals surface area contributed by atoms with Gasteiger partial charge in [-0.15, -0.1) is 0 Å². The molecule has 1 aliphatic rings. The van der Waals surface area contributed by atoms with E-state index in [-0.39, 0.29) is 17.5 Å². The van der Waals surface area contributed by atoms with Crippen LogP contribution in [0.25, 0.3) is 11.0 Å². The lowest BCUT2D eigenvalue weighted by atomic mass is 10.1. The molecule has 7 heteroatoms. The van der Waals surface area contributed by atoms with Gasteiger partial charge in [-0.3, -0.25) is 4.79 Å². The normalized spacial score (nSPS) is 19.7. The van der Waals surface area contributed by atoms with Gasteiger partial charge in [0.05, 0.1) is 11.6 Å². The van der Waals surface area contributed by atoms with E-state index in [0.29, 0.717) is 29.7 Å². The summed E-state index contributed by atoms with van der Waals surface area (Å²) in [5.74, 6) is -1.86. The molecule has 0 saturated carbocycles. The van der Waals surface area contributed by atoms with E-state index in [9.17, 15) is 13.6 Å². The third-order valence-electron chi connectivity index (χ3n) is 3.37. The van der Waals surface area contributed by atoms with Crippen molar-refractivity contribution in [2.24, 2.45) is 0 Å². The molecule has 0 aliphatic carbocycles. The predicted molar refractivity (Wildman–Crippen MR) is 68.3 cm³/mol. The molecule has 1 saturated heterocycles. The number of amides is 1. The maximum Gasteiger partial charge on any atom is 0.220 e. The van der Waals surface area contributed by atoms with Gasteiger partial charge in [0.2, 0.25) is 5.91 Å². The highest BCUT2D eigenvalue weighted by molar-refractivity contribution is 7.71. The van der Waals surface area contributed by atoms with Gasteiger partial charge in [0.15, 0.2) is 16.4 Å². The van der Waals surface area contributed by atoms with Crippen molar-refractivity contribution in [1.82, 2.24) is 14.9 Å². The lowest BCUT2D eigenvalue weighted by molar-refractivity contribution is -0.122.